The second-order valence-corrected chi connectivity index (χ2v) is 6.21. The van der Waals surface area contributed by atoms with Crippen molar-refractivity contribution in [1.29, 1.82) is 0 Å². The highest BCUT2D eigenvalue weighted by Gasteiger charge is 2.28. The van der Waals surface area contributed by atoms with Crippen molar-refractivity contribution < 1.29 is 9.32 Å². The number of hydrogen-bond acceptors (Lipinski definition) is 6. The molecule has 3 aromatic rings. The molecule has 2 N–H and O–H groups in total. The first-order valence-corrected chi connectivity index (χ1v) is 8.70. The molecule has 4 rings (SSSR count). The summed E-state index contributed by atoms with van der Waals surface area (Å²) in [5.41, 5.74) is 2.13. The number of nitrogens with zero attached hydrogens (tertiary/aromatic N) is 4. The average Bonchev–Trinajstić information content (AvgIpc) is 3.45. The van der Waals surface area contributed by atoms with Crippen molar-refractivity contribution >= 4 is 23.1 Å². The lowest BCUT2D eigenvalue weighted by Crippen LogP contribution is -2.28. The molecule has 1 aliphatic rings. The Bertz CT molecular complexity index is 932. The molecule has 0 radical (unpaired) electrons. The molecule has 8 nitrogen and oxygen atoms in total. The zero-order valence-electron chi connectivity index (χ0n) is 14.5. The van der Waals surface area contributed by atoms with Crippen LogP contribution in [0.4, 0.5) is 21.9 Å². The van der Waals surface area contributed by atoms with E-state index in [9.17, 15) is 4.79 Å². The van der Waals surface area contributed by atoms with E-state index in [2.05, 4.69) is 31.0 Å². The van der Waals surface area contributed by atoms with Gasteiger partial charge in [-0.05, 0) is 49.2 Å². The van der Waals surface area contributed by atoms with E-state index in [4.69, 9.17) is 4.52 Å². The van der Waals surface area contributed by atoms with Gasteiger partial charge in [0.1, 0.15) is 0 Å². The van der Waals surface area contributed by atoms with Gasteiger partial charge in [0.05, 0.1) is 17.9 Å². The van der Waals surface area contributed by atoms with Crippen LogP contribution in [0.2, 0.25) is 0 Å². The van der Waals surface area contributed by atoms with Crippen molar-refractivity contribution in [2.75, 3.05) is 5.32 Å². The Balaban J connectivity index is 1.27. The van der Waals surface area contributed by atoms with Crippen molar-refractivity contribution in [3.63, 3.8) is 0 Å². The molecule has 0 atom stereocenters. The van der Waals surface area contributed by atoms with Crippen molar-refractivity contribution in [3.8, 4) is 0 Å². The lowest BCUT2D eigenvalue weighted by Gasteiger charge is -2.05. The quantitative estimate of drug-likeness (QED) is 0.621. The van der Waals surface area contributed by atoms with Gasteiger partial charge >= 0.3 is 6.03 Å². The summed E-state index contributed by atoms with van der Waals surface area (Å²) in [4.78, 5) is 16.2. The van der Waals surface area contributed by atoms with Crippen LogP contribution < -0.4 is 10.6 Å². The van der Waals surface area contributed by atoms with Crippen molar-refractivity contribution in [1.82, 2.24) is 15.5 Å². The number of amides is 2. The molecule has 0 saturated heterocycles. The summed E-state index contributed by atoms with van der Waals surface area (Å²) < 4.78 is 5.12. The van der Waals surface area contributed by atoms with E-state index in [1.54, 1.807) is 24.3 Å². The predicted molar refractivity (Wildman–Crippen MR) is 99.2 cm³/mol. The van der Waals surface area contributed by atoms with Crippen LogP contribution in [0.15, 0.2) is 69.3 Å². The molecule has 27 heavy (non-hydrogen) atoms. The number of urea groups is 1. The Hall–Kier alpha value is -3.55. The van der Waals surface area contributed by atoms with E-state index in [1.165, 1.54) is 0 Å². The number of hydrogen-bond donors (Lipinski definition) is 2. The molecular weight excluding hydrogens is 344 g/mol. The van der Waals surface area contributed by atoms with Crippen molar-refractivity contribution in [2.24, 2.45) is 10.2 Å². The molecule has 2 aromatic carbocycles. The highest BCUT2D eigenvalue weighted by molar-refractivity contribution is 5.89. The second-order valence-electron chi connectivity index (χ2n) is 6.21. The molecule has 8 heteroatoms. The monoisotopic (exact) mass is 362 g/mol. The highest BCUT2D eigenvalue weighted by Crippen LogP contribution is 2.38. The normalized spacial score (nSPS) is 13.6. The van der Waals surface area contributed by atoms with Gasteiger partial charge in [-0.2, -0.15) is 15.2 Å². The third-order valence-electron chi connectivity index (χ3n) is 3.99. The van der Waals surface area contributed by atoms with Crippen LogP contribution in [0.5, 0.6) is 0 Å². The summed E-state index contributed by atoms with van der Waals surface area (Å²) >= 11 is 0. The number of aromatic nitrogens is 2. The fraction of sp³-hybridized carbons (Fsp3) is 0.211. The zero-order chi connectivity index (χ0) is 18.5. The average molecular weight is 362 g/mol. The van der Waals surface area contributed by atoms with Crippen LogP contribution >= 0.6 is 0 Å². The smallest absolute Gasteiger partial charge is 0.319 e. The van der Waals surface area contributed by atoms with Crippen molar-refractivity contribution in [2.45, 2.75) is 25.3 Å². The molecule has 0 unspecified atom stereocenters. The molecule has 0 bridgehead atoms. The summed E-state index contributed by atoms with van der Waals surface area (Å²) in [6, 6.07) is 16.2. The first-order valence-electron chi connectivity index (χ1n) is 8.70. The van der Waals surface area contributed by atoms with E-state index in [-0.39, 0.29) is 12.6 Å². The second kappa shape index (κ2) is 7.77. The van der Waals surface area contributed by atoms with Gasteiger partial charge in [0.2, 0.25) is 5.89 Å². The molecule has 0 spiro atoms. The van der Waals surface area contributed by atoms with Crippen LogP contribution in [0.1, 0.15) is 30.5 Å². The van der Waals surface area contributed by atoms with Gasteiger partial charge in [-0.3, -0.25) is 0 Å². The first kappa shape index (κ1) is 16.9. The number of carbonyl (C=O) groups is 1. The topological polar surface area (TPSA) is 105 Å². The molecule has 1 heterocycles. The van der Waals surface area contributed by atoms with Gasteiger partial charge < -0.3 is 15.2 Å². The molecule has 136 valence electrons. The Labute approximate surface area is 155 Å². The van der Waals surface area contributed by atoms with Gasteiger partial charge in [-0.1, -0.05) is 23.4 Å². The Morgan fingerprint density at radius 2 is 1.74 bits per heavy atom. The number of azo groups is 1. The minimum atomic E-state index is -0.347. The largest absolute Gasteiger partial charge is 0.337 e. The number of anilines is 1. The maximum Gasteiger partial charge on any atom is 0.319 e. The summed E-state index contributed by atoms with van der Waals surface area (Å²) in [6.45, 7) is 0.189. The standard InChI is InChI=1S/C19H18N6O2/c26-19(20-12-17-22-18(25-27-17)13-6-7-13)21-14-8-10-16(11-9-14)24-23-15-4-2-1-3-5-15/h1-5,8-11,13H,6-7,12H2,(H2,20,21,26). The summed E-state index contributed by atoms with van der Waals surface area (Å²) in [6.07, 6.45) is 2.21. The van der Waals surface area contributed by atoms with E-state index in [0.29, 0.717) is 23.2 Å². The SMILES string of the molecule is O=C(NCc1nc(C2CC2)no1)Nc1ccc(N=Nc2ccccc2)cc1. The van der Waals surface area contributed by atoms with Crippen LogP contribution in [-0.4, -0.2) is 16.2 Å². The summed E-state index contributed by atoms with van der Waals surface area (Å²) in [7, 11) is 0. The number of rotatable bonds is 6. The lowest BCUT2D eigenvalue weighted by atomic mass is 10.3. The van der Waals surface area contributed by atoms with Crippen LogP contribution in [0.3, 0.4) is 0 Å². The minimum absolute atomic E-state index is 0.189. The Morgan fingerprint density at radius 1 is 1.04 bits per heavy atom. The maximum absolute atomic E-state index is 12.0. The third kappa shape index (κ3) is 4.75. The lowest BCUT2D eigenvalue weighted by molar-refractivity contribution is 0.249. The molecule has 1 aromatic heterocycles. The van der Waals surface area contributed by atoms with E-state index in [0.717, 1.165) is 24.4 Å². The van der Waals surface area contributed by atoms with Gasteiger partial charge in [-0.15, -0.1) is 0 Å². The minimum Gasteiger partial charge on any atom is -0.337 e. The molecule has 1 aliphatic carbocycles. The number of carbonyl (C=O) groups excluding carboxylic acids is 1. The first-order chi connectivity index (χ1) is 13.3. The van der Waals surface area contributed by atoms with Gasteiger partial charge in [0.25, 0.3) is 0 Å². The van der Waals surface area contributed by atoms with E-state index in [1.807, 2.05) is 30.3 Å². The number of nitrogens with one attached hydrogen (secondary N) is 2. The van der Waals surface area contributed by atoms with Crippen LogP contribution in [-0.2, 0) is 6.54 Å². The van der Waals surface area contributed by atoms with Crippen LogP contribution in [0.25, 0.3) is 0 Å². The Kier molecular flexibility index (Phi) is 4.86. The highest BCUT2D eigenvalue weighted by atomic mass is 16.5. The van der Waals surface area contributed by atoms with Gasteiger partial charge in [0.15, 0.2) is 5.82 Å². The zero-order valence-corrected chi connectivity index (χ0v) is 14.5. The summed E-state index contributed by atoms with van der Waals surface area (Å²) in [5, 5.41) is 17.7. The van der Waals surface area contributed by atoms with Gasteiger partial charge in [0, 0.05) is 11.6 Å². The third-order valence-corrected chi connectivity index (χ3v) is 3.99. The fourth-order valence-corrected chi connectivity index (χ4v) is 2.40. The Morgan fingerprint density at radius 3 is 2.44 bits per heavy atom. The molecule has 2 amide bonds. The van der Waals surface area contributed by atoms with Gasteiger partial charge in [-0.25, -0.2) is 4.79 Å². The summed E-state index contributed by atoms with van der Waals surface area (Å²) in [5.74, 6) is 1.56. The fourth-order valence-electron chi connectivity index (χ4n) is 2.40. The van der Waals surface area contributed by atoms with E-state index < -0.39 is 0 Å². The number of benzene rings is 2. The predicted octanol–water partition coefficient (Wildman–Crippen LogP) is 4.68. The molecular formula is C19H18N6O2. The van der Waals surface area contributed by atoms with Crippen LogP contribution in [0, 0.1) is 0 Å². The van der Waals surface area contributed by atoms with Crippen molar-refractivity contribution in [3.05, 3.63) is 66.3 Å². The molecule has 1 saturated carbocycles. The van der Waals surface area contributed by atoms with E-state index >= 15 is 0 Å². The molecule has 0 aliphatic heterocycles. The molecule has 1 fully saturated rings. The maximum atomic E-state index is 12.0.